The first-order valence-electron chi connectivity index (χ1n) is 7.75. The molecular formula is C16H23N3O4. The SMILES string of the molecule is CCC(CC(=O)Nc1ccc(C(=O)N(CC)CC)cc1)[N+](=O)[O-]. The maximum absolute atomic E-state index is 12.2. The molecule has 1 atom stereocenters. The Morgan fingerprint density at radius 1 is 1.17 bits per heavy atom. The number of hydrogen-bond acceptors (Lipinski definition) is 4. The largest absolute Gasteiger partial charge is 0.339 e. The molecule has 1 aromatic rings. The van der Waals surface area contributed by atoms with Crippen molar-refractivity contribution in [3.8, 4) is 0 Å². The van der Waals surface area contributed by atoms with E-state index >= 15 is 0 Å². The molecule has 0 bridgehead atoms. The maximum atomic E-state index is 12.2. The summed E-state index contributed by atoms with van der Waals surface area (Å²) in [7, 11) is 0. The standard InChI is InChI=1S/C16H23N3O4/c1-4-14(19(22)23)11-15(20)17-13-9-7-12(8-10-13)16(21)18(5-2)6-3/h7-10,14H,4-6,11H2,1-3H3,(H,17,20). The minimum atomic E-state index is -0.876. The number of anilines is 1. The summed E-state index contributed by atoms with van der Waals surface area (Å²) in [5.74, 6) is -0.469. The second-order valence-corrected chi connectivity index (χ2v) is 5.15. The lowest BCUT2D eigenvalue weighted by molar-refractivity contribution is -0.521. The van der Waals surface area contributed by atoms with Crippen LogP contribution in [0.15, 0.2) is 24.3 Å². The molecule has 1 N–H and O–H groups in total. The molecular weight excluding hydrogens is 298 g/mol. The number of hydrogen-bond donors (Lipinski definition) is 1. The van der Waals surface area contributed by atoms with Crippen molar-refractivity contribution in [1.82, 2.24) is 4.90 Å². The van der Waals surface area contributed by atoms with Crippen LogP contribution in [0, 0.1) is 10.1 Å². The van der Waals surface area contributed by atoms with Crippen LogP contribution in [0.1, 0.15) is 44.0 Å². The van der Waals surface area contributed by atoms with Crippen LogP contribution in [0.2, 0.25) is 0 Å². The first kappa shape index (κ1) is 18.6. The van der Waals surface area contributed by atoms with Gasteiger partial charge in [-0.05, 0) is 38.1 Å². The number of nitrogens with one attached hydrogen (secondary N) is 1. The summed E-state index contributed by atoms with van der Waals surface area (Å²) in [6.45, 7) is 6.76. The topological polar surface area (TPSA) is 92.6 Å². The molecule has 0 saturated heterocycles. The molecule has 0 aliphatic carbocycles. The normalized spacial score (nSPS) is 11.6. The molecule has 0 radical (unpaired) electrons. The van der Waals surface area contributed by atoms with Gasteiger partial charge in [0.25, 0.3) is 5.91 Å². The van der Waals surface area contributed by atoms with Gasteiger partial charge in [-0.2, -0.15) is 0 Å². The van der Waals surface area contributed by atoms with Crippen molar-refractivity contribution in [1.29, 1.82) is 0 Å². The van der Waals surface area contributed by atoms with Gasteiger partial charge in [-0.3, -0.25) is 19.7 Å². The predicted molar refractivity (Wildman–Crippen MR) is 88.0 cm³/mol. The Bertz CT molecular complexity index is 553. The van der Waals surface area contributed by atoms with E-state index in [0.29, 0.717) is 30.8 Å². The Hall–Kier alpha value is -2.44. The summed E-state index contributed by atoms with van der Waals surface area (Å²) in [6.07, 6.45) is 0.140. The number of carbonyl (C=O) groups excluding carboxylic acids is 2. The molecule has 126 valence electrons. The molecule has 0 spiro atoms. The van der Waals surface area contributed by atoms with E-state index in [1.807, 2.05) is 13.8 Å². The number of amides is 2. The molecule has 2 amide bonds. The Morgan fingerprint density at radius 3 is 2.17 bits per heavy atom. The maximum Gasteiger partial charge on any atom is 0.253 e. The van der Waals surface area contributed by atoms with Crippen LogP contribution < -0.4 is 5.32 Å². The van der Waals surface area contributed by atoms with Gasteiger partial charge in [0.15, 0.2) is 0 Å². The summed E-state index contributed by atoms with van der Waals surface area (Å²) in [4.78, 5) is 36.0. The van der Waals surface area contributed by atoms with E-state index in [0.717, 1.165) is 0 Å². The van der Waals surface area contributed by atoms with Crippen LogP contribution in [0.25, 0.3) is 0 Å². The van der Waals surface area contributed by atoms with Crippen molar-refractivity contribution in [2.45, 2.75) is 39.7 Å². The van der Waals surface area contributed by atoms with Gasteiger partial charge < -0.3 is 10.2 Å². The molecule has 0 heterocycles. The van der Waals surface area contributed by atoms with Crippen LogP contribution in [-0.2, 0) is 4.79 Å². The van der Waals surface area contributed by atoms with Crippen molar-refractivity contribution in [3.63, 3.8) is 0 Å². The molecule has 1 unspecified atom stereocenters. The third-order valence-corrected chi connectivity index (χ3v) is 3.66. The highest BCUT2D eigenvalue weighted by molar-refractivity contribution is 5.95. The minimum Gasteiger partial charge on any atom is -0.339 e. The summed E-state index contributed by atoms with van der Waals surface area (Å²) >= 11 is 0. The lowest BCUT2D eigenvalue weighted by atomic mass is 10.1. The third-order valence-electron chi connectivity index (χ3n) is 3.66. The summed E-state index contributed by atoms with van der Waals surface area (Å²) in [6, 6.07) is 5.66. The van der Waals surface area contributed by atoms with Gasteiger partial charge in [0.2, 0.25) is 11.9 Å². The zero-order valence-electron chi connectivity index (χ0n) is 13.7. The Balaban J connectivity index is 2.68. The molecule has 0 aliphatic rings. The average Bonchev–Trinajstić information content (AvgIpc) is 2.54. The van der Waals surface area contributed by atoms with Crippen molar-refractivity contribution in [2.24, 2.45) is 0 Å². The molecule has 0 fully saturated rings. The molecule has 1 rings (SSSR count). The van der Waals surface area contributed by atoms with Crippen molar-refractivity contribution < 1.29 is 14.5 Å². The summed E-state index contributed by atoms with van der Waals surface area (Å²) in [5.41, 5.74) is 1.06. The van der Waals surface area contributed by atoms with Gasteiger partial charge in [-0.15, -0.1) is 0 Å². The molecule has 0 aromatic heterocycles. The van der Waals surface area contributed by atoms with E-state index in [-0.39, 0.29) is 12.3 Å². The zero-order chi connectivity index (χ0) is 17.4. The number of benzene rings is 1. The monoisotopic (exact) mass is 321 g/mol. The Labute approximate surface area is 135 Å². The van der Waals surface area contributed by atoms with Gasteiger partial charge >= 0.3 is 0 Å². The molecule has 23 heavy (non-hydrogen) atoms. The quantitative estimate of drug-likeness (QED) is 0.588. The molecule has 0 aliphatic heterocycles. The Morgan fingerprint density at radius 2 is 1.74 bits per heavy atom. The van der Waals surface area contributed by atoms with Gasteiger partial charge in [-0.25, -0.2) is 0 Å². The highest BCUT2D eigenvalue weighted by atomic mass is 16.6. The predicted octanol–water partition coefficient (Wildman–Crippen LogP) is 2.55. The highest BCUT2D eigenvalue weighted by Gasteiger charge is 2.21. The van der Waals surface area contributed by atoms with Crippen molar-refractivity contribution in [3.05, 3.63) is 39.9 Å². The molecule has 7 heteroatoms. The van der Waals surface area contributed by atoms with Crippen LogP contribution in [-0.4, -0.2) is 40.8 Å². The number of carbonyl (C=O) groups is 2. The fourth-order valence-electron chi connectivity index (χ4n) is 2.18. The summed E-state index contributed by atoms with van der Waals surface area (Å²) in [5, 5.41) is 13.4. The smallest absolute Gasteiger partial charge is 0.253 e. The van der Waals surface area contributed by atoms with Crippen LogP contribution in [0.3, 0.4) is 0 Å². The van der Waals surface area contributed by atoms with Crippen LogP contribution in [0.5, 0.6) is 0 Å². The number of nitrogens with zero attached hydrogens (tertiary/aromatic N) is 2. The lowest BCUT2D eigenvalue weighted by Crippen LogP contribution is -2.30. The van der Waals surface area contributed by atoms with E-state index in [9.17, 15) is 19.7 Å². The molecule has 0 saturated carbocycles. The second-order valence-electron chi connectivity index (χ2n) is 5.15. The minimum absolute atomic E-state index is 0.0627. The van der Waals surface area contributed by atoms with Crippen molar-refractivity contribution in [2.75, 3.05) is 18.4 Å². The van der Waals surface area contributed by atoms with Gasteiger partial charge in [0.1, 0.15) is 0 Å². The van der Waals surface area contributed by atoms with E-state index in [1.165, 1.54) is 0 Å². The second kappa shape index (κ2) is 8.87. The molecule has 1 aromatic carbocycles. The fourth-order valence-corrected chi connectivity index (χ4v) is 2.18. The van der Waals surface area contributed by atoms with E-state index < -0.39 is 16.9 Å². The van der Waals surface area contributed by atoms with E-state index in [2.05, 4.69) is 5.32 Å². The van der Waals surface area contributed by atoms with Gasteiger partial charge in [0, 0.05) is 35.7 Å². The first-order valence-corrected chi connectivity index (χ1v) is 7.75. The van der Waals surface area contributed by atoms with E-state index in [1.54, 1.807) is 36.1 Å². The number of nitro groups is 1. The highest BCUT2D eigenvalue weighted by Crippen LogP contribution is 2.13. The van der Waals surface area contributed by atoms with E-state index in [4.69, 9.17) is 0 Å². The molecule has 7 nitrogen and oxygen atoms in total. The third kappa shape index (κ3) is 5.36. The van der Waals surface area contributed by atoms with Crippen molar-refractivity contribution >= 4 is 17.5 Å². The average molecular weight is 321 g/mol. The number of rotatable bonds is 8. The van der Waals surface area contributed by atoms with Crippen LogP contribution in [0.4, 0.5) is 5.69 Å². The summed E-state index contributed by atoms with van der Waals surface area (Å²) < 4.78 is 0. The van der Waals surface area contributed by atoms with Gasteiger partial charge in [0.05, 0.1) is 6.42 Å². The van der Waals surface area contributed by atoms with Crippen LogP contribution >= 0.6 is 0 Å². The lowest BCUT2D eigenvalue weighted by Gasteiger charge is -2.18. The Kier molecular flexibility index (Phi) is 7.18. The first-order chi connectivity index (χ1) is 10.9. The van der Waals surface area contributed by atoms with Gasteiger partial charge in [-0.1, -0.05) is 6.92 Å². The zero-order valence-corrected chi connectivity index (χ0v) is 13.7. The fraction of sp³-hybridized carbons (Fsp3) is 0.500.